The lowest BCUT2D eigenvalue weighted by Gasteiger charge is -2.36. The van der Waals surface area contributed by atoms with Gasteiger partial charge >= 0.3 is 0 Å². The Morgan fingerprint density at radius 1 is 0.672 bits per heavy atom. The first-order chi connectivity index (χ1) is 30.9. The van der Waals surface area contributed by atoms with Crippen molar-refractivity contribution in [2.45, 2.75) is 93.8 Å². The van der Waals surface area contributed by atoms with Crippen molar-refractivity contribution in [3.63, 3.8) is 0 Å². The van der Waals surface area contributed by atoms with Crippen molar-refractivity contribution in [2.75, 3.05) is 61.0 Å². The number of ether oxygens (including phenoxy) is 2. The number of hydrogen-bond donors (Lipinski definition) is 2. The van der Waals surface area contributed by atoms with Crippen LogP contribution in [0.15, 0.2) is 113 Å². The number of halogens is 2. The predicted molar refractivity (Wildman–Crippen MR) is 270 cm³/mol. The number of aliphatic imine (C=N–C) groups is 2. The van der Waals surface area contributed by atoms with E-state index in [1.165, 1.54) is 64.2 Å². The molecule has 0 saturated carbocycles. The van der Waals surface area contributed by atoms with E-state index >= 15 is 0 Å². The second-order valence-corrected chi connectivity index (χ2v) is 19.7. The van der Waals surface area contributed by atoms with Gasteiger partial charge in [-0.05, 0) is 117 Å². The molecular weight excluding hydrogens is 836 g/mol. The van der Waals surface area contributed by atoms with Crippen molar-refractivity contribution in [1.82, 2.24) is 14.9 Å². The minimum absolute atomic E-state index is 0.639. The number of aromatic amines is 2. The molecule has 0 radical (unpaired) electrons. The van der Waals surface area contributed by atoms with Crippen LogP contribution in [0.2, 0.25) is 0 Å². The molecule has 0 saturated heterocycles. The average Bonchev–Trinajstić information content (AvgIpc) is 4.12. The number of benzene rings is 2. The van der Waals surface area contributed by atoms with E-state index in [0.717, 1.165) is 105 Å². The van der Waals surface area contributed by atoms with Crippen LogP contribution in [-0.4, -0.2) is 96.8 Å². The number of fused-ring (bicyclic) bond motifs is 6. The zero-order chi connectivity index (χ0) is 45.0. The third-order valence-corrected chi connectivity index (χ3v) is 13.8. The van der Waals surface area contributed by atoms with Gasteiger partial charge in [-0.25, -0.2) is 4.99 Å². The third kappa shape index (κ3) is 12.2. The van der Waals surface area contributed by atoms with Gasteiger partial charge in [0.2, 0.25) is 0 Å². The highest BCUT2D eigenvalue weighted by molar-refractivity contribution is 6.39. The highest BCUT2D eigenvalue weighted by Gasteiger charge is 2.53. The number of aromatic nitrogens is 2. The number of nitrogens with zero attached hydrogens (tertiary/aromatic N) is 4. The molecule has 7 rings (SSSR count). The summed E-state index contributed by atoms with van der Waals surface area (Å²) in [7, 11) is 8.84. The molecule has 8 nitrogen and oxygen atoms in total. The number of allylic oxidation sites excluding steroid dienone is 3. The first kappa shape index (κ1) is 47.4. The van der Waals surface area contributed by atoms with Crippen molar-refractivity contribution < 1.29 is 14.0 Å². The molecule has 2 aromatic heterocycles. The van der Waals surface area contributed by atoms with Gasteiger partial charge in [-0.15, -0.1) is 11.6 Å². The summed E-state index contributed by atoms with van der Waals surface area (Å²) in [6.45, 7) is 6.94. The normalized spacial score (nSPS) is 19.2. The van der Waals surface area contributed by atoms with Crippen molar-refractivity contribution in [2.24, 2.45) is 9.98 Å². The van der Waals surface area contributed by atoms with Crippen LogP contribution >= 0.6 is 23.2 Å². The summed E-state index contributed by atoms with van der Waals surface area (Å²) in [5.74, 6) is 1.67. The molecule has 2 aromatic carbocycles. The average molecular weight is 905 g/mol. The molecule has 64 heavy (non-hydrogen) atoms. The van der Waals surface area contributed by atoms with Gasteiger partial charge in [-0.2, -0.15) is 0 Å². The van der Waals surface area contributed by atoms with Crippen LogP contribution < -0.4 is 20.2 Å². The van der Waals surface area contributed by atoms with Crippen LogP contribution in [0.5, 0.6) is 11.5 Å². The highest BCUT2D eigenvalue weighted by atomic mass is 35.5. The van der Waals surface area contributed by atoms with E-state index in [0.29, 0.717) is 12.3 Å². The summed E-state index contributed by atoms with van der Waals surface area (Å²) in [5.41, 5.74) is 6.81. The molecule has 10 heteroatoms. The van der Waals surface area contributed by atoms with E-state index in [1.807, 2.05) is 66.8 Å². The van der Waals surface area contributed by atoms with Gasteiger partial charge in [0.25, 0.3) is 0 Å². The maximum absolute atomic E-state index is 7.85. The number of rotatable bonds is 23. The van der Waals surface area contributed by atoms with Crippen LogP contribution in [0.3, 0.4) is 0 Å². The summed E-state index contributed by atoms with van der Waals surface area (Å²) < 4.78 is 13.4. The molecule has 2 unspecified atom stereocenters. The molecule has 0 spiro atoms. The van der Waals surface area contributed by atoms with Crippen LogP contribution in [0, 0.1) is 0 Å². The van der Waals surface area contributed by atoms with Gasteiger partial charge in [-0.3, -0.25) is 4.99 Å². The number of unbranched alkanes of at least 4 members (excludes halogenated alkanes) is 9. The van der Waals surface area contributed by atoms with Gasteiger partial charge < -0.3 is 28.8 Å². The van der Waals surface area contributed by atoms with E-state index in [-0.39, 0.29) is 0 Å². The molecule has 5 heterocycles. The Balaban J connectivity index is 1.07. The number of nitrogens with one attached hydrogen (secondary N) is 2. The molecule has 0 fully saturated rings. The zero-order valence-corrected chi connectivity index (χ0v) is 40.3. The number of hydrogen-bond acceptors (Lipinski definition) is 5. The Morgan fingerprint density at radius 2 is 1.33 bits per heavy atom. The maximum Gasteiger partial charge on any atom is 0.181 e. The standard InChI is InChI=1S/C54H69Cl2N6O2/c1-6-7-8-9-10-11-12-13-14-15-37-63-47-25-18-41(19-26-47)52-49-29-22-43(57-49)39-45-24-31-51(59-45)54(56,53(55)33-32-46(60-53)40-44-23-30-50(52)58-44)42-20-27-48(28-21-42)64-38-17-36-62(4,5)35-16-34-61(2)3/h18-33,39-40,58-59H,6-17,34-38H2,1-5H3/q+1. The van der Waals surface area contributed by atoms with E-state index < -0.39 is 9.87 Å². The van der Waals surface area contributed by atoms with Gasteiger partial charge in [0.1, 0.15) is 11.5 Å². The third-order valence-electron chi connectivity index (χ3n) is 12.5. The Kier molecular flexibility index (Phi) is 16.3. The predicted octanol–water partition coefficient (Wildman–Crippen LogP) is 10.9. The molecule has 340 valence electrons. The van der Waals surface area contributed by atoms with Gasteiger partial charge in [-0.1, -0.05) is 101 Å². The fourth-order valence-electron chi connectivity index (χ4n) is 8.86. The molecule has 2 N–H and O–H groups in total. The summed E-state index contributed by atoms with van der Waals surface area (Å²) in [6, 6.07) is 24.5. The zero-order valence-electron chi connectivity index (χ0n) is 38.8. The molecule has 8 bridgehead atoms. The largest absolute Gasteiger partial charge is 0.494 e. The lowest BCUT2D eigenvalue weighted by Crippen LogP contribution is -2.42. The SMILES string of the molecule is CCCCCCCCCCCCOc1ccc(C2=c3ccc([nH]3)=CC3=NC(Cl)(C=C3)C(Cl)(c3ccc(OCCC[N+](C)(C)CCCN(C)C)cc3)c3ccc([nH]3)C=C3C=CC2=N3)cc1. The lowest BCUT2D eigenvalue weighted by atomic mass is 9.87. The second kappa shape index (κ2) is 22.1. The Hall–Kier alpha value is -4.60. The van der Waals surface area contributed by atoms with E-state index in [4.69, 9.17) is 42.7 Å². The monoisotopic (exact) mass is 903 g/mol. The fourth-order valence-corrected chi connectivity index (χ4v) is 9.57. The second-order valence-electron chi connectivity index (χ2n) is 18.6. The van der Waals surface area contributed by atoms with Crippen molar-refractivity contribution in [3.05, 3.63) is 136 Å². The molecule has 3 aliphatic rings. The summed E-state index contributed by atoms with van der Waals surface area (Å²) in [6.07, 6.45) is 27.2. The Labute approximate surface area is 391 Å². The first-order valence-corrected chi connectivity index (χ1v) is 24.4. The minimum Gasteiger partial charge on any atom is -0.494 e. The topological polar surface area (TPSA) is 78.0 Å². The summed E-state index contributed by atoms with van der Waals surface area (Å²) in [4.78, 5) is 17.1. The number of alkyl halides is 2. The summed E-state index contributed by atoms with van der Waals surface area (Å²) in [5, 5.41) is 1.83. The Morgan fingerprint density at radius 3 is 2.03 bits per heavy atom. The molecular formula is C54H69Cl2N6O2+. The van der Waals surface area contributed by atoms with E-state index in [2.05, 4.69) is 92.5 Å². The molecule has 4 aromatic rings. The first-order valence-electron chi connectivity index (χ1n) is 23.6. The molecule has 2 atom stereocenters. The van der Waals surface area contributed by atoms with Crippen molar-refractivity contribution >= 4 is 52.4 Å². The quantitative estimate of drug-likeness (QED) is 0.0337. The van der Waals surface area contributed by atoms with Crippen molar-refractivity contribution in [3.8, 4) is 11.5 Å². The van der Waals surface area contributed by atoms with Gasteiger partial charge in [0.05, 0.1) is 57.5 Å². The number of quaternary nitrogens is 1. The van der Waals surface area contributed by atoms with Gasteiger partial charge in [0.15, 0.2) is 9.87 Å². The molecule has 0 amide bonds. The number of H-pyrrole nitrogens is 2. The fraction of sp³-hybridized carbons (Fsp3) is 0.444. The van der Waals surface area contributed by atoms with Crippen molar-refractivity contribution in [1.29, 1.82) is 0 Å². The lowest BCUT2D eigenvalue weighted by molar-refractivity contribution is -0.890. The smallest absolute Gasteiger partial charge is 0.181 e. The minimum atomic E-state index is -1.34. The Bertz CT molecular complexity index is 2440. The van der Waals surface area contributed by atoms with E-state index in [1.54, 1.807) is 0 Å². The molecule has 3 aliphatic heterocycles. The molecule has 0 aliphatic carbocycles. The maximum atomic E-state index is 7.85. The van der Waals surface area contributed by atoms with Crippen LogP contribution in [0.25, 0.3) is 17.7 Å². The highest BCUT2D eigenvalue weighted by Crippen LogP contribution is 2.52. The summed E-state index contributed by atoms with van der Waals surface area (Å²) >= 11 is 15.4. The van der Waals surface area contributed by atoms with Crippen LogP contribution in [0.4, 0.5) is 0 Å². The van der Waals surface area contributed by atoms with Crippen LogP contribution in [0.1, 0.15) is 106 Å². The van der Waals surface area contributed by atoms with Crippen LogP contribution in [-0.2, 0) is 4.87 Å². The van der Waals surface area contributed by atoms with Gasteiger partial charge in [0, 0.05) is 47.0 Å². The van der Waals surface area contributed by atoms with E-state index in [9.17, 15) is 0 Å².